The molecule has 3 rings (SSSR count). The van der Waals surface area contributed by atoms with E-state index in [1.165, 1.54) is 23.9 Å². The number of halogens is 2. The number of unbranched alkanes of at least 4 members (excludes halogenated alkanes) is 2. The number of hydrogen-bond donors (Lipinski definition) is 1. The van der Waals surface area contributed by atoms with Gasteiger partial charge in [-0.15, -0.1) is 0 Å². The third-order valence-corrected chi connectivity index (χ3v) is 6.70. The third-order valence-electron chi connectivity index (χ3n) is 5.66. The molecule has 2 amide bonds. The van der Waals surface area contributed by atoms with Gasteiger partial charge in [0, 0.05) is 44.7 Å². The van der Waals surface area contributed by atoms with E-state index in [1.54, 1.807) is 18.2 Å². The van der Waals surface area contributed by atoms with Gasteiger partial charge in [-0.3, -0.25) is 9.59 Å². The number of anilines is 1. The van der Waals surface area contributed by atoms with Crippen molar-refractivity contribution in [1.29, 1.82) is 0 Å². The molecule has 1 fully saturated rings. The molecule has 1 N–H and O–H groups in total. The molecule has 0 radical (unpaired) electrons. The topological polar surface area (TPSA) is 78.4 Å². The van der Waals surface area contributed by atoms with Crippen LogP contribution in [0.3, 0.4) is 0 Å². The van der Waals surface area contributed by atoms with Crippen molar-refractivity contribution in [2.45, 2.75) is 57.3 Å². The molecule has 1 aliphatic heterocycles. The number of carbonyl (C=O) groups is 2. The van der Waals surface area contributed by atoms with E-state index >= 15 is 0 Å². The minimum atomic E-state index is -0.311. The maximum absolute atomic E-state index is 13.0. The molecule has 1 saturated heterocycles. The second-order valence-corrected chi connectivity index (χ2v) is 9.69. The summed E-state index contributed by atoms with van der Waals surface area (Å²) in [5.41, 5.74) is 0.818. The Balaban J connectivity index is 1.52. The van der Waals surface area contributed by atoms with Gasteiger partial charge >= 0.3 is 0 Å². The minimum Gasteiger partial charge on any atom is -0.353 e. The molecule has 1 aromatic heterocycles. The summed E-state index contributed by atoms with van der Waals surface area (Å²) in [6, 6.07) is 7.78. The van der Waals surface area contributed by atoms with Crippen LogP contribution in [-0.4, -0.2) is 58.1 Å². The first-order chi connectivity index (χ1) is 16.4. The number of piperazine rings is 1. The minimum absolute atomic E-state index is 0.0740. The number of carbonyl (C=O) groups excluding carboxylic acids is 2. The molecule has 1 atom stereocenters. The summed E-state index contributed by atoms with van der Waals surface area (Å²) in [7, 11) is 0. The Morgan fingerprint density at radius 1 is 1.21 bits per heavy atom. The average molecular weight is 508 g/mol. The van der Waals surface area contributed by atoms with E-state index in [4.69, 9.17) is 11.6 Å². The van der Waals surface area contributed by atoms with E-state index in [-0.39, 0.29) is 29.4 Å². The number of thioether (sulfide) groups is 1. The van der Waals surface area contributed by atoms with Crippen molar-refractivity contribution in [1.82, 2.24) is 20.2 Å². The summed E-state index contributed by atoms with van der Waals surface area (Å²) in [4.78, 5) is 37.7. The molecule has 2 heterocycles. The number of aromatic nitrogens is 2. The summed E-state index contributed by atoms with van der Waals surface area (Å²) in [5, 5.41) is 3.53. The zero-order valence-corrected chi connectivity index (χ0v) is 21.2. The lowest BCUT2D eigenvalue weighted by Gasteiger charge is -2.40. The summed E-state index contributed by atoms with van der Waals surface area (Å²) in [5.74, 6) is 0.554. The van der Waals surface area contributed by atoms with Gasteiger partial charge in [0.2, 0.25) is 11.8 Å². The summed E-state index contributed by atoms with van der Waals surface area (Å²) >= 11 is 7.44. The largest absolute Gasteiger partial charge is 0.353 e. The molecule has 2 aromatic rings. The van der Waals surface area contributed by atoms with Crippen LogP contribution in [0.25, 0.3) is 0 Å². The highest BCUT2D eigenvalue weighted by atomic mass is 35.5. The number of nitrogens with zero attached hydrogens (tertiary/aromatic N) is 4. The van der Waals surface area contributed by atoms with Crippen LogP contribution in [0, 0.1) is 5.82 Å². The second kappa shape index (κ2) is 12.9. The summed E-state index contributed by atoms with van der Waals surface area (Å²) < 4.78 is 13.0. The molecule has 0 bridgehead atoms. The van der Waals surface area contributed by atoms with E-state index in [0.29, 0.717) is 48.7 Å². The smallest absolute Gasteiger partial charge is 0.230 e. The fourth-order valence-corrected chi connectivity index (χ4v) is 4.71. The van der Waals surface area contributed by atoms with Gasteiger partial charge in [0.05, 0.1) is 5.75 Å². The van der Waals surface area contributed by atoms with Gasteiger partial charge in [0.25, 0.3) is 0 Å². The molecular formula is C24H31ClFN5O2S. The van der Waals surface area contributed by atoms with Gasteiger partial charge in [-0.25, -0.2) is 14.4 Å². The van der Waals surface area contributed by atoms with Crippen molar-refractivity contribution in [3.63, 3.8) is 0 Å². The predicted octanol–water partition coefficient (Wildman–Crippen LogP) is 4.30. The van der Waals surface area contributed by atoms with Crippen LogP contribution in [0.4, 0.5) is 10.2 Å². The Hall–Kier alpha value is -2.39. The normalized spacial score (nSPS) is 15.9. The van der Waals surface area contributed by atoms with Gasteiger partial charge in [-0.05, 0) is 31.0 Å². The van der Waals surface area contributed by atoms with Gasteiger partial charge in [0.1, 0.15) is 16.8 Å². The van der Waals surface area contributed by atoms with Crippen LogP contribution in [0.1, 0.15) is 45.1 Å². The number of hydrogen-bond acceptors (Lipinski definition) is 6. The van der Waals surface area contributed by atoms with Crippen molar-refractivity contribution in [3.05, 3.63) is 46.9 Å². The highest BCUT2D eigenvalue weighted by Crippen LogP contribution is 2.24. The van der Waals surface area contributed by atoms with Crippen LogP contribution < -0.4 is 10.2 Å². The Kier molecular flexibility index (Phi) is 9.95. The Labute approximate surface area is 209 Å². The maximum atomic E-state index is 13.0. The first kappa shape index (κ1) is 26.2. The van der Waals surface area contributed by atoms with E-state index in [1.807, 2.05) is 11.8 Å². The quantitative estimate of drug-likeness (QED) is 0.224. The lowest BCUT2D eigenvalue weighted by Crippen LogP contribution is -2.54. The number of rotatable bonds is 10. The first-order valence-electron chi connectivity index (χ1n) is 11.6. The first-order valence-corrected chi connectivity index (χ1v) is 12.9. The Morgan fingerprint density at radius 3 is 2.68 bits per heavy atom. The fourth-order valence-electron chi connectivity index (χ4n) is 3.80. The van der Waals surface area contributed by atoms with Crippen LogP contribution in [0.5, 0.6) is 0 Å². The molecule has 7 nitrogen and oxygen atoms in total. The number of amides is 2. The van der Waals surface area contributed by atoms with Crippen molar-refractivity contribution in [3.8, 4) is 0 Å². The molecule has 34 heavy (non-hydrogen) atoms. The molecule has 1 unspecified atom stereocenters. The third kappa shape index (κ3) is 7.84. The molecule has 184 valence electrons. The predicted molar refractivity (Wildman–Crippen MR) is 134 cm³/mol. The van der Waals surface area contributed by atoms with E-state index in [2.05, 4.69) is 27.1 Å². The van der Waals surface area contributed by atoms with E-state index in [0.717, 1.165) is 24.8 Å². The van der Waals surface area contributed by atoms with Crippen molar-refractivity contribution >= 4 is 41.0 Å². The highest BCUT2D eigenvalue weighted by Gasteiger charge is 2.28. The molecule has 0 aliphatic carbocycles. The van der Waals surface area contributed by atoms with Gasteiger partial charge in [0.15, 0.2) is 5.16 Å². The molecule has 0 saturated carbocycles. The van der Waals surface area contributed by atoms with Crippen molar-refractivity contribution in [2.75, 3.05) is 30.3 Å². The van der Waals surface area contributed by atoms with Gasteiger partial charge < -0.3 is 15.1 Å². The zero-order valence-electron chi connectivity index (χ0n) is 19.6. The maximum Gasteiger partial charge on any atom is 0.230 e. The molecule has 0 spiro atoms. The molecule has 1 aliphatic rings. The van der Waals surface area contributed by atoms with Crippen LogP contribution in [0.15, 0.2) is 35.5 Å². The number of nitrogens with one attached hydrogen (secondary N) is 1. The highest BCUT2D eigenvalue weighted by molar-refractivity contribution is 7.99. The fraction of sp³-hybridized carbons (Fsp3) is 0.500. The lowest BCUT2D eigenvalue weighted by atomic mass is 10.1. The Bertz CT molecular complexity index is 978. The number of benzene rings is 1. The van der Waals surface area contributed by atoms with E-state index < -0.39 is 0 Å². The summed E-state index contributed by atoms with van der Waals surface area (Å²) in [6.45, 7) is 6.47. The second-order valence-electron chi connectivity index (χ2n) is 8.36. The van der Waals surface area contributed by atoms with Gasteiger partial charge in [-0.2, -0.15) is 0 Å². The average Bonchev–Trinajstić information content (AvgIpc) is 2.82. The standard InChI is InChI=1S/C24H31ClFN5O2S/c1-3-4-5-6-23(33)31-12-11-30(15-17(31)2)21-13-20(25)28-24(29-21)34-16-22(32)27-14-18-7-9-19(26)10-8-18/h7-10,13,17H,3-6,11-12,14-16H2,1-2H3,(H,27,32). The van der Waals surface area contributed by atoms with Crippen LogP contribution in [0.2, 0.25) is 5.15 Å². The lowest BCUT2D eigenvalue weighted by molar-refractivity contribution is -0.133. The van der Waals surface area contributed by atoms with Crippen molar-refractivity contribution in [2.24, 2.45) is 0 Å². The Morgan fingerprint density at radius 2 is 1.97 bits per heavy atom. The SMILES string of the molecule is CCCCCC(=O)N1CCN(c2cc(Cl)nc(SCC(=O)NCc3ccc(F)cc3)n2)CC1C. The zero-order chi connectivity index (χ0) is 24.5. The van der Waals surface area contributed by atoms with Crippen molar-refractivity contribution < 1.29 is 14.0 Å². The van der Waals surface area contributed by atoms with Crippen LogP contribution >= 0.6 is 23.4 Å². The molecule has 1 aromatic carbocycles. The van der Waals surface area contributed by atoms with Crippen LogP contribution in [-0.2, 0) is 16.1 Å². The summed E-state index contributed by atoms with van der Waals surface area (Å²) in [6.07, 6.45) is 3.70. The van der Waals surface area contributed by atoms with Gasteiger partial charge in [-0.1, -0.05) is 55.3 Å². The monoisotopic (exact) mass is 507 g/mol. The molecular weight excluding hydrogens is 477 g/mol. The van der Waals surface area contributed by atoms with E-state index in [9.17, 15) is 14.0 Å². The molecule has 10 heteroatoms.